The fraction of sp³-hybridized carbons (Fsp3) is 0. The minimum absolute atomic E-state index is 0. The summed E-state index contributed by atoms with van der Waals surface area (Å²) in [5, 5.41) is 14.8. The Morgan fingerprint density at radius 1 is 0.800 bits per heavy atom. The van der Waals surface area contributed by atoms with Crippen molar-refractivity contribution in [3.63, 3.8) is 0 Å². The molecule has 0 atom stereocenters. The van der Waals surface area contributed by atoms with Crippen molar-refractivity contribution in [2.24, 2.45) is 0 Å². The zero-order valence-electron chi connectivity index (χ0n) is 4.47. The van der Waals surface area contributed by atoms with Gasteiger partial charge < -0.3 is 42.7 Å². The summed E-state index contributed by atoms with van der Waals surface area (Å²) in [6, 6.07) is 0. The molecule has 0 amide bonds. The molecule has 0 fully saturated rings. The monoisotopic (exact) mass is 317 g/mol. The van der Waals surface area contributed by atoms with Crippen molar-refractivity contribution in [1.82, 2.24) is 0 Å². The largest absolute Gasteiger partial charge is 3.00 e. The molecule has 0 saturated heterocycles. The summed E-state index contributed by atoms with van der Waals surface area (Å²) in [6.45, 7) is 0. The third-order valence-corrected chi connectivity index (χ3v) is 0. The first-order valence-corrected chi connectivity index (χ1v) is 0.548. The van der Waals surface area contributed by atoms with Gasteiger partial charge in [-0.2, -0.15) is 0 Å². The molecule has 0 aromatic heterocycles. The molecule has 10 N–H and O–H groups in total. The number of hydrogen-bond acceptors (Lipinski definition) is 3. The summed E-state index contributed by atoms with van der Waals surface area (Å²) < 4.78 is 0. The van der Waals surface area contributed by atoms with Crippen LogP contribution in [-0.4, -0.2) is 32.5 Å². The van der Waals surface area contributed by atoms with E-state index in [0.29, 0.717) is 0 Å². The maximum Gasteiger partial charge on any atom is 3.00 e. The average Bonchev–Trinajstić information content (AvgIpc) is 0.811. The predicted octanol–water partition coefficient (Wildman–Crippen LogP) is -4.36. The molecule has 9 nitrogen and oxygen atoms in total. The molecule has 0 rings (SSSR count). The van der Waals surface area contributed by atoms with Crippen LogP contribution in [0.1, 0.15) is 0 Å². The van der Waals surface area contributed by atoms with Crippen LogP contribution < -0.4 is 0 Å². The van der Waals surface area contributed by atoms with Crippen molar-refractivity contribution >= 4 is 0 Å². The smallest absolute Gasteiger partial charge is 0.412 e. The quantitative estimate of drug-likeness (QED) is 0.245. The molecule has 0 aliphatic heterocycles. The minimum Gasteiger partial charge on any atom is -0.412 e. The zero-order chi connectivity index (χ0) is 3.58. The van der Waals surface area contributed by atoms with Crippen LogP contribution in [0.3, 0.4) is 0 Å². The first kappa shape index (κ1) is 82.8. The van der Waals surface area contributed by atoms with Gasteiger partial charge in [-0.1, -0.05) is 0 Å². The second kappa shape index (κ2) is 59.5. The van der Waals surface area contributed by atoms with Crippen molar-refractivity contribution in [1.29, 1.82) is 0 Å². The Kier molecular flexibility index (Phi) is 492. The molecular weight excluding hydrogens is 307 g/mol. The Balaban J connectivity index is -0.00000000300. The molecule has 0 unspecified atom stereocenters. The van der Waals surface area contributed by atoms with Gasteiger partial charge >= 0.3 is 37.7 Å². The van der Waals surface area contributed by atoms with Gasteiger partial charge in [0.1, 0.15) is 0 Å². The maximum absolute atomic E-state index is 8.25. The van der Waals surface area contributed by atoms with Gasteiger partial charge in [-0.25, -0.2) is 0 Å². The van der Waals surface area contributed by atoms with Crippen LogP contribution in [0.15, 0.2) is 0 Å². The minimum atomic E-state index is -1.75. The molecule has 0 aromatic carbocycles. The SMILES string of the molecule is O.O.O.O.O.O=[N+]([O-])[O-].[Ho+3]. The van der Waals surface area contributed by atoms with E-state index in [-0.39, 0.29) is 65.1 Å². The van der Waals surface area contributed by atoms with Crippen molar-refractivity contribution in [3.8, 4) is 0 Å². The third-order valence-electron chi connectivity index (χ3n) is 0. The van der Waals surface area contributed by atoms with Gasteiger partial charge in [0.25, 0.3) is 0 Å². The Morgan fingerprint density at radius 3 is 0.800 bits per heavy atom. The van der Waals surface area contributed by atoms with Gasteiger partial charge in [0.15, 0.2) is 0 Å². The zero-order valence-corrected chi connectivity index (χ0v) is 6.41. The van der Waals surface area contributed by atoms with Crippen LogP contribution in [0.5, 0.6) is 0 Å². The summed E-state index contributed by atoms with van der Waals surface area (Å²) in [6.07, 6.45) is 0. The molecule has 0 spiro atoms. The Bertz CT molecular complexity index is 32.2. The molecule has 0 heterocycles. The topological polar surface area (TPSA) is 224 Å². The Labute approximate surface area is 85.3 Å². The van der Waals surface area contributed by atoms with Gasteiger partial charge in [-0.05, 0) is 0 Å². The van der Waals surface area contributed by atoms with E-state index < -0.39 is 5.09 Å². The summed E-state index contributed by atoms with van der Waals surface area (Å²) in [7, 11) is 0. The standard InChI is InChI=1S/Ho.NO3.5H2O/c;2-1(3)4;;;;;/h;;5*1H2/q+3;-1;;;;;. The van der Waals surface area contributed by atoms with E-state index in [1.165, 1.54) is 0 Å². The summed E-state index contributed by atoms with van der Waals surface area (Å²) in [5.74, 6) is 0. The molecule has 0 bridgehead atoms. The van der Waals surface area contributed by atoms with Crippen molar-refractivity contribution in [2.75, 3.05) is 0 Å². The first-order chi connectivity index (χ1) is 1.73. The van der Waals surface area contributed by atoms with Gasteiger partial charge in [0, 0.05) is 0 Å². The molecule has 72 valence electrons. The van der Waals surface area contributed by atoms with Crippen LogP contribution in [0.2, 0.25) is 0 Å². The molecule has 0 aliphatic carbocycles. The van der Waals surface area contributed by atoms with E-state index in [1.807, 2.05) is 0 Å². The number of nitrogens with zero attached hydrogens (tertiary/aromatic N) is 1. The summed E-state index contributed by atoms with van der Waals surface area (Å²) in [4.78, 5) is 8.25. The number of rotatable bonds is 0. The molecule has 0 aromatic rings. The van der Waals surface area contributed by atoms with E-state index in [9.17, 15) is 0 Å². The average molecular weight is 317 g/mol. The number of hydrogen-bond donors (Lipinski definition) is 0. The van der Waals surface area contributed by atoms with Crippen molar-refractivity contribution in [3.05, 3.63) is 15.3 Å². The van der Waals surface area contributed by atoms with Crippen LogP contribution in [0.25, 0.3) is 0 Å². The Hall–Kier alpha value is 0.260. The summed E-state index contributed by atoms with van der Waals surface area (Å²) >= 11 is 0. The van der Waals surface area contributed by atoms with Gasteiger partial charge in [-0.3, -0.25) is 0 Å². The predicted molar refractivity (Wildman–Crippen MR) is 28.4 cm³/mol. The van der Waals surface area contributed by atoms with Gasteiger partial charge in [-0.15, -0.1) is 0 Å². The second-order valence-electron chi connectivity index (χ2n) is 0.224. The summed E-state index contributed by atoms with van der Waals surface area (Å²) in [5.41, 5.74) is 0. The molecule has 10 heavy (non-hydrogen) atoms. The molecule has 10 heteroatoms. The van der Waals surface area contributed by atoms with E-state index in [4.69, 9.17) is 15.3 Å². The normalized spacial score (nSPS) is 2.40. The van der Waals surface area contributed by atoms with Gasteiger partial charge in [0.05, 0.1) is 5.09 Å². The van der Waals surface area contributed by atoms with E-state index in [1.54, 1.807) is 0 Å². The molecule has 0 saturated carbocycles. The Morgan fingerprint density at radius 2 is 0.800 bits per heavy atom. The fourth-order valence-corrected chi connectivity index (χ4v) is 0. The van der Waals surface area contributed by atoms with Crippen LogP contribution in [0, 0.1) is 53.1 Å². The first-order valence-electron chi connectivity index (χ1n) is 0.548. The maximum atomic E-state index is 8.25. The molecule has 0 radical (unpaired) electrons. The second-order valence-corrected chi connectivity index (χ2v) is 0.224. The van der Waals surface area contributed by atoms with Crippen molar-refractivity contribution < 1.29 is 70.2 Å². The molecular formula is H10HoNO8+2. The van der Waals surface area contributed by atoms with Crippen LogP contribution >= 0.6 is 0 Å². The van der Waals surface area contributed by atoms with E-state index >= 15 is 0 Å². The van der Waals surface area contributed by atoms with Crippen LogP contribution in [-0.2, 0) is 0 Å². The molecule has 0 aliphatic rings. The third kappa shape index (κ3) is 6450. The van der Waals surface area contributed by atoms with Crippen LogP contribution in [0.4, 0.5) is 0 Å². The van der Waals surface area contributed by atoms with E-state index in [2.05, 4.69) is 0 Å². The van der Waals surface area contributed by atoms with Gasteiger partial charge in [0.2, 0.25) is 0 Å². The van der Waals surface area contributed by atoms with Crippen molar-refractivity contribution in [2.45, 2.75) is 0 Å². The fourth-order valence-electron chi connectivity index (χ4n) is 0. The van der Waals surface area contributed by atoms with E-state index in [0.717, 1.165) is 0 Å².